The monoisotopic (exact) mass is 283 g/mol. The van der Waals surface area contributed by atoms with Crippen molar-refractivity contribution >= 4 is 11.6 Å². The maximum Gasteiger partial charge on any atom is 0.258 e. The minimum absolute atomic E-state index is 0.0244. The van der Waals surface area contributed by atoms with Gasteiger partial charge in [-0.3, -0.25) is 0 Å². The SMILES string of the molecule is Fc1ccc(-c2nc(C3COCCN3)no2)cc1Cl. The first-order chi connectivity index (χ1) is 9.24. The number of morpholine rings is 1. The van der Waals surface area contributed by atoms with E-state index in [2.05, 4.69) is 15.5 Å². The molecule has 0 saturated carbocycles. The molecule has 2 heterocycles. The highest BCUT2D eigenvalue weighted by Gasteiger charge is 2.21. The van der Waals surface area contributed by atoms with Crippen LogP contribution in [0.3, 0.4) is 0 Å². The number of nitrogens with one attached hydrogen (secondary N) is 1. The van der Waals surface area contributed by atoms with Crippen molar-refractivity contribution in [3.05, 3.63) is 34.9 Å². The number of aromatic nitrogens is 2. The molecule has 0 aliphatic carbocycles. The summed E-state index contributed by atoms with van der Waals surface area (Å²) in [6.45, 7) is 1.93. The highest BCUT2D eigenvalue weighted by Crippen LogP contribution is 2.24. The number of nitrogens with zero attached hydrogens (tertiary/aromatic N) is 2. The zero-order valence-corrected chi connectivity index (χ0v) is 10.7. The van der Waals surface area contributed by atoms with Gasteiger partial charge in [0.1, 0.15) is 5.82 Å². The van der Waals surface area contributed by atoms with E-state index >= 15 is 0 Å². The van der Waals surface area contributed by atoms with Crippen molar-refractivity contribution in [2.75, 3.05) is 19.8 Å². The van der Waals surface area contributed by atoms with Gasteiger partial charge in [-0.25, -0.2) is 4.39 Å². The van der Waals surface area contributed by atoms with E-state index in [9.17, 15) is 4.39 Å². The fourth-order valence-corrected chi connectivity index (χ4v) is 2.03. The lowest BCUT2D eigenvalue weighted by Gasteiger charge is -2.20. The first-order valence-electron chi connectivity index (χ1n) is 5.84. The van der Waals surface area contributed by atoms with Crippen LogP contribution in [0.5, 0.6) is 0 Å². The summed E-state index contributed by atoms with van der Waals surface area (Å²) in [5, 5.41) is 7.15. The van der Waals surface area contributed by atoms with Crippen LogP contribution in [-0.2, 0) is 4.74 Å². The van der Waals surface area contributed by atoms with Crippen LogP contribution in [0.1, 0.15) is 11.9 Å². The van der Waals surface area contributed by atoms with Gasteiger partial charge in [-0.2, -0.15) is 4.98 Å². The van der Waals surface area contributed by atoms with Gasteiger partial charge in [0.25, 0.3) is 5.89 Å². The maximum atomic E-state index is 13.1. The number of hydrogen-bond acceptors (Lipinski definition) is 5. The standard InChI is InChI=1S/C12H11ClFN3O2/c13-8-5-7(1-2-9(8)14)12-16-11(17-19-12)10-6-18-4-3-15-10/h1-2,5,10,15H,3-4,6H2. The third-order valence-corrected chi connectivity index (χ3v) is 3.13. The number of halogens is 2. The molecule has 0 bridgehead atoms. The van der Waals surface area contributed by atoms with Crippen molar-refractivity contribution in [3.63, 3.8) is 0 Å². The Hall–Kier alpha value is -1.50. The molecule has 1 atom stereocenters. The van der Waals surface area contributed by atoms with Crippen LogP contribution in [0.25, 0.3) is 11.5 Å². The quantitative estimate of drug-likeness (QED) is 0.915. The predicted octanol–water partition coefficient (Wildman–Crippen LogP) is 2.19. The third-order valence-electron chi connectivity index (χ3n) is 2.84. The minimum atomic E-state index is -0.479. The van der Waals surface area contributed by atoms with Gasteiger partial charge in [-0.15, -0.1) is 0 Å². The van der Waals surface area contributed by atoms with E-state index in [0.717, 1.165) is 6.54 Å². The van der Waals surface area contributed by atoms with Crippen LogP contribution >= 0.6 is 11.6 Å². The van der Waals surface area contributed by atoms with Crippen molar-refractivity contribution in [2.24, 2.45) is 0 Å². The van der Waals surface area contributed by atoms with E-state index in [4.69, 9.17) is 20.9 Å². The molecule has 5 nitrogen and oxygen atoms in total. The van der Waals surface area contributed by atoms with E-state index in [0.29, 0.717) is 30.5 Å². The summed E-state index contributed by atoms with van der Waals surface area (Å²) in [7, 11) is 0. The summed E-state index contributed by atoms with van der Waals surface area (Å²) >= 11 is 5.72. The van der Waals surface area contributed by atoms with Crippen LogP contribution in [0, 0.1) is 5.82 Å². The van der Waals surface area contributed by atoms with Gasteiger partial charge in [-0.1, -0.05) is 16.8 Å². The second-order valence-electron chi connectivity index (χ2n) is 4.17. The molecule has 3 rings (SSSR count). The molecule has 7 heteroatoms. The Bertz CT molecular complexity index is 584. The largest absolute Gasteiger partial charge is 0.378 e. The molecule has 0 amide bonds. The Balaban J connectivity index is 1.85. The number of hydrogen-bond donors (Lipinski definition) is 1. The maximum absolute atomic E-state index is 13.1. The summed E-state index contributed by atoms with van der Waals surface area (Å²) < 4.78 is 23.6. The Morgan fingerprint density at radius 3 is 3.05 bits per heavy atom. The summed E-state index contributed by atoms with van der Waals surface area (Å²) in [6.07, 6.45) is 0. The number of benzene rings is 1. The van der Waals surface area contributed by atoms with Crippen LogP contribution < -0.4 is 5.32 Å². The summed E-state index contributed by atoms with van der Waals surface area (Å²) in [4.78, 5) is 4.27. The van der Waals surface area contributed by atoms with Gasteiger partial charge in [0.15, 0.2) is 5.82 Å². The first-order valence-corrected chi connectivity index (χ1v) is 6.22. The van der Waals surface area contributed by atoms with E-state index < -0.39 is 5.82 Å². The molecular weight excluding hydrogens is 273 g/mol. The summed E-state index contributed by atoms with van der Waals surface area (Å²) in [6, 6.07) is 4.19. The molecule has 100 valence electrons. The van der Waals surface area contributed by atoms with Gasteiger partial charge >= 0.3 is 0 Å². The Labute approximate surface area is 113 Å². The van der Waals surface area contributed by atoms with Crippen molar-refractivity contribution in [1.29, 1.82) is 0 Å². The van der Waals surface area contributed by atoms with Crippen molar-refractivity contribution in [1.82, 2.24) is 15.5 Å². The molecule has 1 aliphatic heterocycles. The second-order valence-corrected chi connectivity index (χ2v) is 4.58. The average Bonchev–Trinajstić information content (AvgIpc) is 2.93. The minimum Gasteiger partial charge on any atom is -0.378 e. The molecule has 1 aromatic carbocycles. The number of rotatable bonds is 2. The molecule has 2 aromatic rings. The van der Waals surface area contributed by atoms with Gasteiger partial charge < -0.3 is 14.6 Å². The molecular formula is C12H11ClFN3O2. The molecule has 1 N–H and O–H groups in total. The van der Waals surface area contributed by atoms with Gasteiger partial charge in [-0.05, 0) is 18.2 Å². The molecule has 1 fully saturated rings. The molecule has 0 radical (unpaired) electrons. The fraction of sp³-hybridized carbons (Fsp3) is 0.333. The van der Waals surface area contributed by atoms with Gasteiger partial charge in [0.2, 0.25) is 0 Å². The van der Waals surface area contributed by atoms with Crippen LogP contribution in [0.4, 0.5) is 4.39 Å². The van der Waals surface area contributed by atoms with Crippen molar-refractivity contribution < 1.29 is 13.7 Å². The third kappa shape index (κ3) is 2.60. The zero-order chi connectivity index (χ0) is 13.2. The van der Waals surface area contributed by atoms with Crippen LogP contribution in [0.2, 0.25) is 5.02 Å². The molecule has 0 spiro atoms. The Morgan fingerprint density at radius 1 is 1.42 bits per heavy atom. The lowest BCUT2D eigenvalue weighted by Crippen LogP contribution is -2.35. The lowest BCUT2D eigenvalue weighted by atomic mass is 10.2. The molecule has 1 aliphatic rings. The molecule has 1 aromatic heterocycles. The Kier molecular flexibility index (Phi) is 3.46. The molecule has 1 unspecified atom stereocenters. The van der Waals surface area contributed by atoms with Gasteiger partial charge in [0, 0.05) is 12.1 Å². The first kappa shape index (κ1) is 12.5. The van der Waals surface area contributed by atoms with Crippen LogP contribution in [0.15, 0.2) is 22.7 Å². The highest BCUT2D eigenvalue weighted by molar-refractivity contribution is 6.31. The van der Waals surface area contributed by atoms with Crippen molar-refractivity contribution in [3.8, 4) is 11.5 Å². The average molecular weight is 284 g/mol. The summed E-state index contributed by atoms with van der Waals surface area (Å²) in [5.41, 5.74) is 0.585. The van der Waals surface area contributed by atoms with E-state index in [1.54, 1.807) is 6.07 Å². The fourth-order valence-electron chi connectivity index (χ4n) is 1.85. The Morgan fingerprint density at radius 2 is 2.32 bits per heavy atom. The van der Waals surface area contributed by atoms with E-state index in [-0.39, 0.29) is 11.1 Å². The molecule has 1 saturated heterocycles. The zero-order valence-electron chi connectivity index (χ0n) is 9.90. The summed E-state index contributed by atoms with van der Waals surface area (Å²) in [5.74, 6) is 0.354. The predicted molar refractivity (Wildman–Crippen MR) is 66.3 cm³/mol. The lowest BCUT2D eigenvalue weighted by molar-refractivity contribution is 0.0734. The van der Waals surface area contributed by atoms with Crippen molar-refractivity contribution in [2.45, 2.75) is 6.04 Å². The van der Waals surface area contributed by atoms with Crippen LogP contribution in [-0.4, -0.2) is 29.9 Å². The highest BCUT2D eigenvalue weighted by atomic mass is 35.5. The van der Waals surface area contributed by atoms with E-state index in [1.807, 2.05) is 0 Å². The smallest absolute Gasteiger partial charge is 0.258 e. The topological polar surface area (TPSA) is 60.2 Å². The molecule has 19 heavy (non-hydrogen) atoms. The van der Waals surface area contributed by atoms with Gasteiger partial charge in [0.05, 0.1) is 24.3 Å². The normalized spacial score (nSPS) is 19.6. The second kappa shape index (κ2) is 5.24. The number of ether oxygens (including phenoxy) is 1. The van der Waals surface area contributed by atoms with E-state index in [1.165, 1.54) is 12.1 Å².